The first-order valence-electron chi connectivity index (χ1n) is 12.6. The summed E-state index contributed by atoms with van der Waals surface area (Å²) in [4.78, 5) is 17.9. The molecule has 8 nitrogen and oxygen atoms in total. The lowest BCUT2D eigenvalue weighted by Gasteiger charge is -2.25. The summed E-state index contributed by atoms with van der Waals surface area (Å²) in [5, 5.41) is 6.46. The summed E-state index contributed by atoms with van der Waals surface area (Å²) in [5.74, 6) is -0.631. The predicted octanol–water partition coefficient (Wildman–Crippen LogP) is 5.62. The van der Waals surface area contributed by atoms with Gasteiger partial charge >= 0.3 is 6.18 Å². The minimum atomic E-state index is -4.65. The van der Waals surface area contributed by atoms with Crippen molar-refractivity contribution in [2.45, 2.75) is 55.0 Å². The van der Waals surface area contributed by atoms with E-state index in [9.17, 15) is 26.4 Å². The first kappa shape index (κ1) is 28.3. The molecule has 0 aliphatic heterocycles. The number of nitrogens with one attached hydrogen (secondary N) is 1. The minimum absolute atomic E-state index is 0.0107. The molecule has 2 aliphatic rings. The van der Waals surface area contributed by atoms with Crippen LogP contribution in [0.4, 0.5) is 28.9 Å². The van der Waals surface area contributed by atoms with Gasteiger partial charge in [-0.25, -0.2) is 12.8 Å². The number of nitrogens with zero attached hydrogens (tertiary/aromatic N) is 3. The van der Waals surface area contributed by atoms with E-state index in [1.807, 2.05) is 0 Å². The third-order valence-corrected chi connectivity index (χ3v) is 9.04. The number of carbonyl (C=O) groups excluding carboxylic acids is 1. The highest BCUT2D eigenvalue weighted by atomic mass is 35.5. The molecule has 5 rings (SSSR count). The summed E-state index contributed by atoms with van der Waals surface area (Å²) in [5.41, 5.74) is -0.698. The third kappa shape index (κ3) is 5.95. The molecule has 2 aromatic carbocycles. The molecule has 1 heterocycles. The van der Waals surface area contributed by atoms with E-state index in [4.69, 9.17) is 16.1 Å². The number of hydrogen-bond donors (Lipinski definition) is 1. The van der Waals surface area contributed by atoms with Gasteiger partial charge in [0.2, 0.25) is 11.8 Å². The normalized spacial score (nSPS) is 16.6. The summed E-state index contributed by atoms with van der Waals surface area (Å²) in [6.07, 6.45) is -1.61. The van der Waals surface area contributed by atoms with Crippen LogP contribution in [-0.4, -0.2) is 49.5 Å². The van der Waals surface area contributed by atoms with Gasteiger partial charge in [-0.2, -0.15) is 18.2 Å². The van der Waals surface area contributed by atoms with Gasteiger partial charge in [0, 0.05) is 27.9 Å². The second-order valence-electron chi connectivity index (χ2n) is 10.0. The number of alkyl halides is 3. The van der Waals surface area contributed by atoms with Crippen LogP contribution >= 0.6 is 11.6 Å². The highest BCUT2D eigenvalue weighted by Gasteiger charge is 2.53. The molecule has 2 fully saturated rings. The van der Waals surface area contributed by atoms with Crippen molar-refractivity contribution >= 4 is 38.7 Å². The van der Waals surface area contributed by atoms with Crippen molar-refractivity contribution in [3.05, 3.63) is 64.5 Å². The number of aromatic nitrogens is 2. The fraction of sp³-hybridized carbons (Fsp3) is 0.423. The highest BCUT2D eigenvalue weighted by molar-refractivity contribution is 7.91. The lowest BCUT2D eigenvalue weighted by molar-refractivity contribution is -0.122. The molecule has 2 aliphatic carbocycles. The van der Waals surface area contributed by atoms with Gasteiger partial charge in [-0.3, -0.25) is 4.79 Å². The average Bonchev–Trinajstić information content (AvgIpc) is 3.82. The maximum absolute atomic E-state index is 15.3. The Labute approximate surface area is 232 Å². The van der Waals surface area contributed by atoms with Gasteiger partial charge < -0.3 is 14.7 Å². The number of amides is 1. The third-order valence-electron chi connectivity index (χ3n) is 7.00. The number of hydrogen-bond acceptors (Lipinski definition) is 7. The summed E-state index contributed by atoms with van der Waals surface area (Å²) < 4.78 is 84.6. The lowest BCUT2D eigenvalue weighted by Crippen LogP contribution is -2.39. The van der Waals surface area contributed by atoms with E-state index >= 15 is 4.39 Å². The van der Waals surface area contributed by atoms with Gasteiger partial charge in [-0.1, -0.05) is 23.7 Å². The van der Waals surface area contributed by atoms with E-state index in [0.717, 1.165) is 23.8 Å². The van der Waals surface area contributed by atoms with Crippen molar-refractivity contribution in [2.75, 3.05) is 29.1 Å². The van der Waals surface area contributed by atoms with Gasteiger partial charge in [0.05, 0.1) is 22.6 Å². The summed E-state index contributed by atoms with van der Waals surface area (Å²) >= 11 is 6.44. The van der Waals surface area contributed by atoms with E-state index in [2.05, 4.69) is 15.5 Å². The smallest absolute Gasteiger partial charge is 0.353 e. The Morgan fingerprint density at radius 3 is 2.42 bits per heavy atom. The maximum Gasteiger partial charge on any atom is 0.405 e. The topological polar surface area (TPSA) is 105 Å². The number of carbonyl (C=O) groups is 1. The van der Waals surface area contributed by atoms with Gasteiger partial charge in [0.15, 0.2) is 15.7 Å². The largest absolute Gasteiger partial charge is 0.405 e. The molecule has 1 N–H and O–H groups in total. The van der Waals surface area contributed by atoms with Crippen LogP contribution < -0.4 is 10.2 Å². The second kappa shape index (κ2) is 10.3. The zero-order valence-electron chi connectivity index (χ0n) is 21.3. The molecule has 3 aromatic rings. The van der Waals surface area contributed by atoms with E-state index in [1.165, 1.54) is 37.3 Å². The maximum atomic E-state index is 15.3. The standard InChI is InChI=1S/C26H25ClF4N4O4S/c1-2-40(37,38)18-7-5-17(6-8-18)35(14-26(29,30)31)13-21(36)32-16-11-19(27)22(20(28)12-16)25(9-10-25)24-33-23(39-34-24)15-3-4-15/h5-8,11-12,15H,2-4,9-10,13-14H2,1H3,(H,32,36). The van der Waals surface area contributed by atoms with E-state index in [-0.39, 0.29) is 38.5 Å². The van der Waals surface area contributed by atoms with Crippen molar-refractivity contribution < 1.29 is 35.3 Å². The molecule has 0 atom stereocenters. The molecular weight excluding hydrogens is 576 g/mol. The van der Waals surface area contributed by atoms with E-state index < -0.39 is 46.2 Å². The first-order chi connectivity index (χ1) is 18.8. The van der Waals surface area contributed by atoms with Gasteiger partial charge in [-0.15, -0.1) is 0 Å². The fourth-order valence-corrected chi connectivity index (χ4v) is 5.87. The molecule has 40 heavy (non-hydrogen) atoms. The number of rotatable bonds is 10. The molecule has 0 saturated heterocycles. The van der Waals surface area contributed by atoms with Crippen LogP contribution in [0.3, 0.4) is 0 Å². The van der Waals surface area contributed by atoms with Gasteiger partial charge in [0.1, 0.15) is 12.4 Å². The molecule has 0 radical (unpaired) electrons. The van der Waals surface area contributed by atoms with Crippen molar-refractivity contribution in [1.82, 2.24) is 10.1 Å². The van der Waals surface area contributed by atoms with Crippen molar-refractivity contribution in [2.24, 2.45) is 0 Å². The summed E-state index contributed by atoms with van der Waals surface area (Å²) in [6.45, 7) is -0.757. The summed E-state index contributed by atoms with van der Waals surface area (Å²) in [6, 6.07) is 7.17. The molecule has 0 spiro atoms. The lowest BCUT2D eigenvalue weighted by atomic mass is 9.94. The van der Waals surface area contributed by atoms with Crippen LogP contribution in [0.25, 0.3) is 0 Å². The molecule has 0 bridgehead atoms. The number of sulfone groups is 1. The number of benzene rings is 2. The Morgan fingerprint density at radius 2 is 1.88 bits per heavy atom. The Kier molecular flexibility index (Phi) is 7.32. The van der Waals surface area contributed by atoms with Crippen LogP contribution in [0.15, 0.2) is 45.8 Å². The molecule has 2 saturated carbocycles. The number of halogens is 5. The van der Waals surface area contributed by atoms with Crippen LogP contribution in [0.2, 0.25) is 5.02 Å². The highest BCUT2D eigenvalue weighted by Crippen LogP contribution is 2.56. The fourth-order valence-electron chi connectivity index (χ4n) is 4.60. The SMILES string of the molecule is CCS(=O)(=O)c1ccc(N(CC(=O)Nc2cc(F)c(C3(c4noc(C5CC5)n4)CC3)c(Cl)c2)CC(F)(F)F)cc1. The van der Waals surface area contributed by atoms with Crippen LogP contribution in [0.1, 0.15) is 55.8 Å². The van der Waals surface area contributed by atoms with Crippen LogP contribution in [0.5, 0.6) is 0 Å². The monoisotopic (exact) mass is 600 g/mol. The Hall–Kier alpha value is -3.19. The molecule has 214 valence electrons. The molecular formula is C26H25ClF4N4O4S. The van der Waals surface area contributed by atoms with Crippen LogP contribution in [0, 0.1) is 5.82 Å². The van der Waals surface area contributed by atoms with Crippen LogP contribution in [-0.2, 0) is 20.0 Å². The predicted molar refractivity (Wildman–Crippen MR) is 139 cm³/mol. The van der Waals surface area contributed by atoms with Crippen molar-refractivity contribution in [1.29, 1.82) is 0 Å². The van der Waals surface area contributed by atoms with Gasteiger partial charge in [0.25, 0.3) is 0 Å². The molecule has 1 amide bonds. The minimum Gasteiger partial charge on any atom is -0.353 e. The Balaban J connectivity index is 1.33. The average molecular weight is 601 g/mol. The quantitative estimate of drug-likeness (QED) is 0.301. The first-order valence-corrected chi connectivity index (χ1v) is 14.6. The molecule has 0 unspecified atom stereocenters. The van der Waals surface area contributed by atoms with Crippen molar-refractivity contribution in [3.8, 4) is 0 Å². The van der Waals surface area contributed by atoms with Crippen molar-refractivity contribution in [3.63, 3.8) is 0 Å². The molecule has 1 aromatic heterocycles. The second-order valence-corrected chi connectivity index (χ2v) is 12.7. The Bertz CT molecular complexity index is 1510. The van der Waals surface area contributed by atoms with E-state index in [0.29, 0.717) is 24.6 Å². The zero-order valence-corrected chi connectivity index (χ0v) is 22.8. The van der Waals surface area contributed by atoms with Gasteiger partial charge in [-0.05, 0) is 62.1 Å². The van der Waals surface area contributed by atoms with E-state index in [1.54, 1.807) is 0 Å². The zero-order chi connectivity index (χ0) is 28.9. The number of anilines is 2. The molecule has 14 heteroatoms. The summed E-state index contributed by atoms with van der Waals surface area (Å²) in [7, 11) is -3.56. The Morgan fingerprint density at radius 1 is 1.20 bits per heavy atom.